The summed E-state index contributed by atoms with van der Waals surface area (Å²) in [6.45, 7) is 4.81. The number of benzene rings is 2. The van der Waals surface area contributed by atoms with Crippen molar-refractivity contribution in [3.05, 3.63) is 69.3 Å². The quantitative estimate of drug-likeness (QED) is 0.440. The Kier molecular flexibility index (Phi) is 6.56. The monoisotopic (exact) mass is 396 g/mol. The summed E-state index contributed by atoms with van der Waals surface area (Å²) in [5, 5.41) is 14.9. The molecule has 0 saturated carbocycles. The van der Waals surface area contributed by atoms with Gasteiger partial charge in [-0.1, -0.05) is 0 Å². The Morgan fingerprint density at radius 3 is 2.45 bits per heavy atom. The number of nitro groups is 1. The van der Waals surface area contributed by atoms with Crippen molar-refractivity contribution in [2.75, 3.05) is 20.2 Å². The summed E-state index contributed by atoms with van der Waals surface area (Å²) in [6.07, 6.45) is 2.44. The van der Waals surface area contributed by atoms with E-state index in [1.165, 1.54) is 37.1 Å². The van der Waals surface area contributed by atoms with Crippen LogP contribution in [0.4, 0.5) is 5.69 Å². The maximum Gasteiger partial charge on any atom is 0.271 e. The molecule has 8 heteroatoms. The van der Waals surface area contributed by atoms with E-state index in [1.807, 2.05) is 25.1 Å². The standard InChI is InChI=1S/C21H24N4O4/c1-15(22-23-21(26)16-5-8-19(9-6-16)25(27)28)17-7-10-20(29-2)18(13-17)14-24-11-3-4-12-24/h5-10,13H,3-4,11-12,14H2,1-2H3,(H,23,26)/b22-15-. The first-order valence-corrected chi connectivity index (χ1v) is 9.46. The Morgan fingerprint density at radius 2 is 1.83 bits per heavy atom. The third kappa shape index (κ3) is 5.17. The number of methoxy groups -OCH3 is 1. The zero-order chi connectivity index (χ0) is 20.8. The molecule has 0 atom stereocenters. The first-order valence-electron chi connectivity index (χ1n) is 9.46. The van der Waals surface area contributed by atoms with Gasteiger partial charge in [-0.3, -0.25) is 19.8 Å². The summed E-state index contributed by atoms with van der Waals surface area (Å²) in [5.41, 5.74) is 5.38. The molecule has 2 aromatic carbocycles. The van der Waals surface area contributed by atoms with E-state index in [0.717, 1.165) is 36.5 Å². The fourth-order valence-electron chi connectivity index (χ4n) is 3.31. The van der Waals surface area contributed by atoms with E-state index in [1.54, 1.807) is 7.11 Å². The molecule has 1 amide bonds. The number of likely N-dealkylation sites (tertiary alicyclic amines) is 1. The van der Waals surface area contributed by atoms with E-state index in [0.29, 0.717) is 11.3 Å². The third-order valence-corrected chi connectivity index (χ3v) is 4.96. The highest BCUT2D eigenvalue weighted by Gasteiger charge is 2.15. The predicted octanol–water partition coefficient (Wildman–Crippen LogP) is 3.35. The van der Waals surface area contributed by atoms with Gasteiger partial charge in [0, 0.05) is 29.8 Å². The second-order valence-corrected chi connectivity index (χ2v) is 6.95. The number of carbonyl (C=O) groups excluding carboxylic acids is 1. The number of hydrogen-bond acceptors (Lipinski definition) is 6. The molecular weight excluding hydrogens is 372 g/mol. The maximum atomic E-state index is 12.2. The van der Waals surface area contributed by atoms with E-state index in [2.05, 4.69) is 15.4 Å². The van der Waals surface area contributed by atoms with E-state index in [-0.39, 0.29) is 5.69 Å². The van der Waals surface area contributed by atoms with Crippen LogP contribution in [0.3, 0.4) is 0 Å². The summed E-state index contributed by atoms with van der Waals surface area (Å²) in [4.78, 5) is 24.8. The van der Waals surface area contributed by atoms with E-state index in [9.17, 15) is 14.9 Å². The molecule has 0 aromatic heterocycles. The molecule has 1 saturated heterocycles. The van der Waals surface area contributed by atoms with Crippen molar-refractivity contribution in [3.8, 4) is 5.75 Å². The van der Waals surface area contributed by atoms with Crippen molar-refractivity contribution in [2.24, 2.45) is 5.10 Å². The normalized spacial score (nSPS) is 14.6. The summed E-state index contributed by atoms with van der Waals surface area (Å²) >= 11 is 0. The fourth-order valence-corrected chi connectivity index (χ4v) is 3.31. The Balaban J connectivity index is 1.71. The van der Waals surface area contributed by atoms with E-state index in [4.69, 9.17) is 4.74 Å². The smallest absolute Gasteiger partial charge is 0.271 e. The molecule has 2 aromatic rings. The number of non-ortho nitro benzene ring substituents is 1. The van der Waals surface area contributed by atoms with Gasteiger partial charge in [0.15, 0.2) is 0 Å². The van der Waals surface area contributed by atoms with Gasteiger partial charge in [-0.25, -0.2) is 5.43 Å². The van der Waals surface area contributed by atoms with E-state index < -0.39 is 10.8 Å². The molecule has 0 radical (unpaired) electrons. The molecule has 0 bridgehead atoms. The SMILES string of the molecule is COc1ccc(/C(C)=N\NC(=O)c2ccc([N+](=O)[O-])cc2)cc1CN1CCCC1. The van der Waals surface area contributed by atoms with Crippen LogP contribution in [0.5, 0.6) is 5.75 Å². The molecular formula is C21H24N4O4. The van der Waals surface area contributed by atoms with Crippen molar-refractivity contribution >= 4 is 17.3 Å². The molecule has 152 valence electrons. The highest BCUT2D eigenvalue weighted by Crippen LogP contribution is 2.24. The van der Waals surface area contributed by atoms with E-state index >= 15 is 0 Å². The summed E-state index contributed by atoms with van der Waals surface area (Å²) in [5.74, 6) is 0.411. The van der Waals surface area contributed by atoms with Gasteiger partial charge in [-0.05, 0) is 68.8 Å². The lowest BCUT2D eigenvalue weighted by Crippen LogP contribution is -2.20. The zero-order valence-electron chi connectivity index (χ0n) is 16.6. The van der Waals surface area contributed by atoms with Crippen LogP contribution >= 0.6 is 0 Å². The Bertz CT molecular complexity index is 919. The van der Waals surface area contributed by atoms with Gasteiger partial charge in [0.25, 0.3) is 11.6 Å². The lowest BCUT2D eigenvalue weighted by Gasteiger charge is -2.17. The second-order valence-electron chi connectivity index (χ2n) is 6.95. The Labute approximate surface area is 169 Å². The molecule has 1 fully saturated rings. The fraction of sp³-hybridized carbons (Fsp3) is 0.333. The van der Waals surface area contributed by atoms with Gasteiger partial charge in [-0.2, -0.15) is 5.10 Å². The van der Waals surface area contributed by atoms with Gasteiger partial charge >= 0.3 is 0 Å². The van der Waals surface area contributed by atoms with Crippen LogP contribution in [0.15, 0.2) is 47.6 Å². The first-order chi connectivity index (χ1) is 14.0. The minimum atomic E-state index is -0.507. The van der Waals surface area contributed by atoms with Crippen LogP contribution < -0.4 is 10.2 Å². The number of ether oxygens (including phenoxy) is 1. The van der Waals surface area contributed by atoms with Crippen molar-refractivity contribution in [2.45, 2.75) is 26.3 Å². The summed E-state index contributed by atoms with van der Waals surface area (Å²) < 4.78 is 5.49. The summed E-state index contributed by atoms with van der Waals surface area (Å²) in [7, 11) is 1.66. The van der Waals surface area contributed by atoms with Gasteiger partial charge in [0.1, 0.15) is 5.75 Å². The minimum Gasteiger partial charge on any atom is -0.496 e. The molecule has 1 heterocycles. The number of hydrogen-bond donors (Lipinski definition) is 1. The van der Waals surface area contributed by atoms with Gasteiger partial charge in [0.2, 0.25) is 0 Å². The van der Waals surface area contributed by atoms with Crippen molar-refractivity contribution in [3.63, 3.8) is 0 Å². The number of nitrogens with zero attached hydrogens (tertiary/aromatic N) is 3. The van der Waals surface area contributed by atoms with Crippen LogP contribution in [0, 0.1) is 10.1 Å². The minimum absolute atomic E-state index is 0.0648. The number of hydrazone groups is 1. The molecule has 0 spiro atoms. The number of nitro benzene ring substituents is 1. The molecule has 0 aliphatic carbocycles. The first kappa shape index (κ1) is 20.5. The molecule has 29 heavy (non-hydrogen) atoms. The molecule has 8 nitrogen and oxygen atoms in total. The predicted molar refractivity (Wildman–Crippen MR) is 110 cm³/mol. The maximum absolute atomic E-state index is 12.2. The van der Waals surface area contributed by atoms with Gasteiger partial charge in [-0.15, -0.1) is 0 Å². The Morgan fingerprint density at radius 1 is 1.17 bits per heavy atom. The number of rotatable bonds is 7. The lowest BCUT2D eigenvalue weighted by atomic mass is 10.1. The topological polar surface area (TPSA) is 97.1 Å². The van der Waals surface area contributed by atoms with Gasteiger partial charge < -0.3 is 4.74 Å². The van der Waals surface area contributed by atoms with Crippen molar-refractivity contribution < 1.29 is 14.5 Å². The third-order valence-electron chi connectivity index (χ3n) is 4.96. The van der Waals surface area contributed by atoms with Crippen LogP contribution in [0.25, 0.3) is 0 Å². The zero-order valence-corrected chi connectivity index (χ0v) is 16.6. The number of amides is 1. The van der Waals surface area contributed by atoms with Crippen LogP contribution in [-0.2, 0) is 6.54 Å². The van der Waals surface area contributed by atoms with Crippen LogP contribution in [-0.4, -0.2) is 41.6 Å². The Hall–Kier alpha value is -3.26. The lowest BCUT2D eigenvalue weighted by molar-refractivity contribution is -0.384. The van der Waals surface area contributed by atoms with Crippen LogP contribution in [0.1, 0.15) is 41.3 Å². The molecule has 0 unspecified atom stereocenters. The number of carbonyl (C=O) groups is 1. The highest BCUT2D eigenvalue weighted by molar-refractivity contribution is 6.01. The highest BCUT2D eigenvalue weighted by atomic mass is 16.6. The second kappa shape index (κ2) is 9.29. The molecule has 1 aliphatic heterocycles. The largest absolute Gasteiger partial charge is 0.496 e. The van der Waals surface area contributed by atoms with Crippen molar-refractivity contribution in [1.82, 2.24) is 10.3 Å². The van der Waals surface area contributed by atoms with Gasteiger partial charge in [0.05, 0.1) is 17.7 Å². The average Bonchev–Trinajstić information content (AvgIpc) is 3.24. The van der Waals surface area contributed by atoms with Crippen LogP contribution in [0.2, 0.25) is 0 Å². The molecule has 1 aliphatic rings. The molecule has 3 rings (SSSR count). The molecule has 1 N–H and O–H groups in total. The number of nitrogens with one attached hydrogen (secondary N) is 1. The van der Waals surface area contributed by atoms with Crippen molar-refractivity contribution in [1.29, 1.82) is 0 Å². The summed E-state index contributed by atoms with van der Waals surface area (Å²) in [6, 6.07) is 11.2. The average molecular weight is 396 g/mol.